The van der Waals surface area contributed by atoms with E-state index < -0.39 is 11.5 Å². The lowest BCUT2D eigenvalue weighted by Gasteiger charge is -2.33. The summed E-state index contributed by atoms with van der Waals surface area (Å²) >= 11 is 14.4. The largest absolute Gasteiger partial charge is 0.461 e. The molecule has 30 nitrogen and oxygen atoms in total. The van der Waals surface area contributed by atoms with Crippen LogP contribution in [0.1, 0.15) is 99.9 Å². The number of hydrogen-bond donors (Lipinski definition) is 3. The number of hydrogen-bond acceptors (Lipinski definition) is 22. The van der Waals surface area contributed by atoms with E-state index >= 15 is 0 Å². The third-order valence-corrected chi connectivity index (χ3v) is 18.1. The van der Waals surface area contributed by atoms with Crippen molar-refractivity contribution in [2.45, 2.75) is 85.7 Å². The van der Waals surface area contributed by atoms with Crippen LogP contribution in [-0.4, -0.2) is 182 Å². The predicted octanol–water partition coefficient (Wildman–Crippen LogP) is 6.98. The van der Waals surface area contributed by atoms with Crippen molar-refractivity contribution < 1.29 is 42.9 Å². The normalized spacial score (nSPS) is 17.0. The fourth-order valence-corrected chi connectivity index (χ4v) is 13.0. The highest BCUT2D eigenvalue weighted by molar-refractivity contribution is 9.10. The highest BCUT2D eigenvalue weighted by Crippen LogP contribution is 2.40. The summed E-state index contributed by atoms with van der Waals surface area (Å²) in [7, 11) is 4.59. The topological polar surface area (TPSA) is 346 Å². The average Bonchev–Trinajstić information content (AvgIpc) is 1.57. The average molecular weight is 1590 g/mol. The number of nitrogens with two attached hydrogens (primary N) is 1. The molecule has 0 unspecified atom stereocenters. The molecule has 8 aromatic heterocycles. The maximum atomic E-state index is 14.0. The van der Waals surface area contributed by atoms with Crippen molar-refractivity contribution in [2.75, 3.05) is 87.1 Å². The molecular formula is C68H83BrCl2N18O12S3. The van der Waals surface area contributed by atoms with Crippen LogP contribution in [0.4, 0.5) is 34.6 Å². The van der Waals surface area contributed by atoms with Gasteiger partial charge in [-0.1, -0.05) is 37.0 Å². The number of amides is 4. The summed E-state index contributed by atoms with van der Waals surface area (Å²) < 4.78 is 27.6. The van der Waals surface area contributed by atoms with Gasteiger partial charge in [0.05, 0.1) is 84.6 Å². The second kappa shape index (κ2) is 36.3. The monoisotopic (exact) mass is 1590 g/mol. The summed E-state index contributed by atoms with van der Waals surface area (Å²) in [5.41, 5.74) is 11.1. The molecule has 556 valence electrons. The Labute approximate surface area is 638 Å². The van der Waals surface area contributed by atoms with Crippen LogP contribution in [0.2, 0.25) is 10.3 Å². The number of rotatable bonds is 11. The van der Waals surface area contributed by atoms with Gasteiger partial charge < -0.3 is 54.6 Å². The zero-order valence-electron chi connectivity index (χ0n) is 58.6. The molecule has 0 spiro atoms. The molecule has 4 aliphatic heterocycles. The third-order valence-electron chi connectivity index (χ3n) is 17.2. The minimum absolute atomic E-state index is 0. The van der Waals surface area contributed by atoms with Gasteiger partial charge in [-0.15, -0.1) is 0 Å². The number of nitrogens with zero attached hydrogens (tertiary/aromatic N) is 15. The molecule has 12 heterocycles. The maximum Gasteiger partial charge on any atom is 0.302 e. The molecule has 0 radical (unpaired) electrons. The number of carbonyl (C=O) groups excluding carboxylic acids is 5. The van der Waals surface area contributed by atoms with Crippen LogP contribution in [0, 0.1) is 5.41 Å². The van der Waals surface area contributed by atoms with Crippen LogP contribution in [0.15, 0.2) is 110 Å². The van der Waals surface area contributed by atoms with Crippen LogP contribution < -0.4 is 37.9 Å². The van der Waals surface area contributed by atoms with Crippen molar-refractivity contribution in [2.24, 2.45) is 26.6 Å². The molecule has 4 amide bonds. The highest BCUT2D eigenvalue weighted by Gasteiger charge is 2.38. The molecule has 1 aliphatic carbocycles. The molecule has 0 aromatic carbocycles. The first-order chi connectivity index (χ1) is 48.1. The fraction of sp³-hybridized carbons (Fsp3) is 0.397. The van der Waals surface area contributed by atoms with E-state index in [-0.39, 0.29) is 122 Å². The Kier molecular flexibility index (Phi) is 28.8. The summed E-state index contributed by atoms with van der Waals surface area (Å²) in [5.74, 6) is 0.684. The van der Waals surface area contributed by atoms with Gasteiger partial charge in [-0.2, -0.15) is 55.8 Å². The Morgan fingerprint density at radius 2 is 1.10 bits per heavy atom. The van der Waals surface area contributed by atoms with Crippen molar-refractivity contribution in [1.82, 2.24) is 68.5 Å². The molecule has 8 aromatic rings. The molecule has 0 bridgehead atoms. The predicted molar refractivity (Wildman–Crippen MR) is 411 cm³/mol. The number of carbonyl (C=O) groups is 5. The zero-order chi connectivity index (χ0) is 72.6. The summed E-state index contributed by atoms with van der Waals surface area (Å²) in [4.78, 5) is 124. The fourth-order valence-electron chi connectivity index (χ4n) is 12.0. The number of pyridine rings is 4. The SMILES string of the molecule is CC(=O)OCc1c(-c2cc(Nc3ccc(C(=O)N4CCOC[C@@H]4C)cn3)c(=O)n(C)n2)ccnc1N1CCn2c(cc3c2CC(C)(C)C3)C1=O.C[C@H]1COCCN1C(=O)c1ccc(N)nc1.C[C@H]1COCCN1C(=O)c1ccc(Nc2cc(Cl)nn(C)c2=O)nc1.Cn1nc(Cl)cc(Br)c1=O.S.S.S. The number of ether oxygens (including phenoxy) is 4. The van der Waals surface area contributed by atoms with E-state index in [0.717, 1.165) is 17.5 Å². The van der Waals surface area contributed by atoms with Gasteiger partial charge in [0.2, 0.25) is 0 Å². The maximum absolute atomic E-state index is 14.0. The van der Waals surface area contributed by atoms with Crippen molar-refractivity contribution in [3.63, 3.8) is 0 Å². The molecule has 5 aliphatic rings. The molecule has 3 atom stereocenters. The first kappa shape index (κ1) is 82.5. The minimum Gasteiger partial charge on any atom is -0.461 e. The van der Waals surface area contributed by atoms with E-state index in [1.54, 1.807) is 81.4 Å². The molecular weight excluding hydrogens is 1510 g/mol. The zero-order valence-corrected chi connectivity index (χ0v) is 64.7. The molecule has 3 saturated heterocycles. The van der Waals surface area contributed by atoms with Crippen molar-refractivity contribution in [3.05, 3.63) is 177 Å². The summed E-state index contributed by atoms with van der Waals surface area (Å²) in [6, 6.07) is 18.3. The van der Waals surface area contributed by atoms with E-state index in [1.807, 2.05) is 26.8 Å². The van der Waals surface area contributed by atoms with Gasteiger partial charge in [0, 0.05) is 108 Å². The third kappa shape index (κ3) is 19.8. The number of nitrogen functional groups attached to an aromatic ring is 1. The number of anilines is 6. The lowest BCUT2D eigenvalue weighted by atomic mass is 9.90. The number of aryl methyl sites for hydroxylation is 3. The first-order valence-electron chi connectivity index (χ1n) is 32.3. The van der Waals surface area contributed by atoms with Crippen LogP contribution in [0.3, 0.4) is 0 Å². The standard InChI is InChI=1S/C36H40N8O6.C16H18ClN5O3.C11H15N3O2.C5H4BrClN2O.3H2S/c1-21-19-49-13-12-42(21)33(46)23-6-7-31(38-18-23)39-28-15-27(40-41(5)34(28)47)25-8-9-37-32(26(25)20-50-22(2)45)44-11-10-43-29(35(44)48)14-24-16-36(3,4)17-30(24)43;1-10-9-25-6-5-22(10)15(23)11-3-4-14(18-8-11)19-12-7-13(17)20-21(2)16(12)24;1-8-7-16-5-4-14(8)11(15)9-2-3-10(12)13-6-9;1-9-5(10)3(6)2-4(7)8-9;;;/h6-9,14-15,18,21H,10-13,16-17,19-20H2,1-5H3,(H,38,39);3-4,7-8,10H,5-6,9H2,1-2H3,(H,18,19);2-3,6,8H,4-5,7H2,1H3,(H2,12,13);2H,1H3;3*1H2/t21-;10-;8-;;;;/m000..../s1. The van der Waals surface area contributed by atoms with Crippen molar-refractivity contribution >= 4 is 144 Å². The van der Waals surface area contributed by atoms with Gasteiger partial charge in [-0.3, -0.25) is 43.3 Å². The molecule has 4 N–H and O–H groups in total. The summed E-state index contributed by atoms with van der Waals surface area (Å²) in [6.45, 7) is 17.4. The summed E-state index contributed by atoms with van der Waals surface area (Å²) in [6.07, 6.45) is 7.90. The quantitative estimate of drug-likeness (QED) is 0.110. The Bertz CT molecular complexity index is 4580. The Balaban J connectivity index is 0.000000231. The highest BCUT2D eigenvalue weighted by atomic mass is 79.9. The lowest BCUT2D eigenvalue weighted by molar-refractivity contribution is -0.142. The number of nitrogens with one attached hydrogen (secondary N) is 2. The summed E-state index contributed by atoms with van der Waals surface area (Å²) in [5, 5.41) is 18.5. The Morgan fingerprint density at radius 3 is 1.57 bits per heavy atom. The van der Waals surface area contributed by atoms with Crippen LogP contribution in [-0.2, 0) is 70.9 Å². The smallest absolute Gasteiger partial charge is 0.302 e. The van der Waals surface area contributed by atoms with Crippen LogP contribution >= 0.6 is 79.6 Å². The molecule has 13 rings (SSSR count). The number of morpholine rings is 3. The Hall–Kier alpha value is -8.74. The number of esters is 1. The lowest BCUT2D eigenvalue weighted by Crippen LogP contribution is -2.47. The van der Waals surface area contributed by atoms with Crippen LogP contribution in [0.25, 0.3) is 11.3 Å². The van der Waals surface area contributed by atoms with Gasteiger partial charge in [-0.05, 0) is 121 Å². The Morgan fingerprint density at radius 1 is 0.615 bits per heavy atom. The van der Waals surface area contributed by atoms with Crippen LogP contribution in [0.5, 0.6) is 0 Å². The van der Waals surface area contributed by atoms with Crippen molar-refractivity contribution in [3.8, 4) is 11.3 Å². The first-order valence-corrected chi connectivity index (χ1v) is 33.9. The van der Waals surface area contributed by atoms with E-state index in [0.29, 0.717) is 144 Å². The van der Waals surface area contributed by atoms with Gasteiger partial charge in [0.1, 0.15) is 46.9 Å². The molecule has 3 fully saturated rings. The van der Waals surface area contributed by atoms with E-state index in [2.05, 4.69) is 80.2 Å². The second-order valence-electron chi connectivity index (χ2n) is 25.3. The van der Waals surface area contributed by atoms with Gasteiger partial charge in [0.25, 0.3) is 40.3 Å². The van der Waals surface area contributed by atoms with E-state index in [4.69, 9.17) is 47.9 Å². The molecule has 36 heteroatoms. The number of aromatic nitrogens is 11. The number of fused-ring (bicyclic) bond motifs is 3. The van der Waals surface area contributed by atoms with Gasteiger partial charge in [-0.25, -0.2) is 34.0 Å². The van der Waals surface area contributed by atoms with E-state index in [9.17, 15) is 38.4 Å². The molecule has 0 saturated carbocycles. The van der Waals surface area contributed by atoms with E-state index in [1.165, 1.54) is 72.4 Å². The molecule has 104 heavy (non-hydrogen) atoms. The van der Waals surface area contributed by atoms with Crippen molar-refractivity contribution in [1.29, 1.82) is 0 Å². The minimum atomic E-state index is -0.490. The van der Waals surface area contributed by atoms with Gasteiger partial charge in [0.15, 0.2) is 10.3 Å². The number of halogens is 3. The van der Waals surface area contributed by atoms with Gasteiger partial charge >= 0.3 is 5.97 Å². The second-order valence-corrected chi connectivity index (χ2v) is 27.0.